The zero-order valence-corrected chi connectivity index (χ0v) is 13.2. The van der Waals surface area contributed by atoms with E-state index in [1.54, 1.807) is 0 Å². The molecular weight excluding hydrogens is 250 g/mol. The maximum atomic E-state index is 12.1. The summed E-state index contributed by atoms with van der Waals surface area (Å²) in [6.07, 6.45) is 7.35. The summed E-state index contributed by atoms with van der Waals surface area (Å²) in [5, 5.41) is 3.09. The van der Waals surface area contributed by atoms with Gasteiger partial charge in [0.2, 0.25) is 0 Å². The number of piperidine rings is 2. The van der Waals surface area contributed by atoms with Crippen molar-refractivity contribution in [2.45, 2.75) is 58.4 Å². The average Bonchev–Trinajstić information content (AvgIpc) is 2.44. The van der Waals surface area contributed by atoms with Crippen molar-refractivity contribution in [1.29, 1.82) is 0 Å². The summed E-state index contributed by atoms with van der Waals surface area (Å²) in [4.78, 5) is 16.7. The minimum atomic E-state index is 0.143. The van der Waals surface area contributed by atoms with Crippen LogP contribution in [0.3, 0.4) is 0 Å². The Morgan fingerprint density at radius 2 is 2.00 bits per heavy atom. The molecule has 2 saturated heterocycles. The van der Waals surface area contributed by atoms with Gasteiger partial charge in [0.1, 0.15) is 0 Å². The predicted octanol–water partition coefficient (Wildman–Crippen LogP) is 2.69. The molecular formula is C16H31N3O. The normalized spacial score (nSPS) is 28.4. The molecule has 116 valence electrons. The number of nitrogens with one attached hydrogen (secondary N) is 1. The van der Waals surface area contributed by atoms with E-state index in [9.17, 15) is 4.79 Å². The molecule has 2 amide bonds. The van der Waals surface area contributed by atoms with Crippen molar-refractivity contribution in [2.24, 2.45) is 5.92 Å². The van der Waals surface area contributed by atoms with Gasteiger partial charge >= 0.3 is 6.03 Å². The van der Waals surface area contributed by atoms with Crippen LogP contribution in [-0.4, -0.2) is 54.6 Å². The van der Waals surface area contributed by atoms with E-state index in [-0.39, 0.29) is 6.03 Å². The summed E-state index contributed by atoms with van der Waals surface area (Å²) in [5.74, 6) is 0.840. The van der Waals surface area contributed by atoms with Crippen LogP contribution in [0.1, 0.15) is 52.4 Å². The lowest BCUT2D eigenvalue weighted by molar-refractivity contribution is 0.156. The second kappa shape index (κ2) is 7.87. The summed E-state index contributed by atoms with van der Waals surface area (Å²) >= 11 is 0. The van der Waals surface area contributed by atoms with E-state index < -0.39 is 0 Å². The van der Waals surface area contributed by atoms with Crippen LogP contribution in [0.4, 0.5) is 4.79 Å². The lowest BCUT2D eigenvalue weighted by Gasteiger charge is -2.33. The zero-order chi connectivity index (χ0) is 14.4. The zero-order valence-electron chi connectivity index (χ0n) is 13.2. The predicted molar refractivity (Wildman–Crippen MR) is 82.9 cm³/mol. The molecule has 0 bridgehead atoms. The molecule has 2 heterocycles. The molecule has 1 N–H and O–H groups in total. The number of amides is 2. The third kappa shape index (κ3) is 4.65. The number of carbonyl (C=O) groups excluding carboxylic acids is 1. The van der Waals surface area contributed by atoms with Gasteiger partial charge in [0, 0.05) is 25.7 Å². The van der Waals surface area contributed by atoms with Crippen LogP contribution in [0.2, 0.25) is 0 Å². The van der Waals surface area contributed by atoms with E-state index >= 15 is 0 Å². The molecule has 2 fully saturated rings. The first-order valence-electron chi connectivity index (χ1n) is 8.43. The van der Waals surface area contributed by atoms with Crippen molar-refractivity contribution < 1.29 is 4.79 Å². The molecule has 0 spiro atoms. The van der Waals surface area contributed by atoms with Gasteiger partial charge in [-0.3, -0.25) is 0 Å². The monoisotopic (exact) mass is 281 g/mol. The number of carbonyl (C=O) groups is 1. The van der Waals surface area contributed by atoms with Gasteiger partial charge in [0.15, 0.2) is 0 Å². The maximum Gasteiger partial charge on any atom is 0.317 e. The molecule has 4 heteroatoms. The van der Waals surface area contributed by atoms with Crippen molar-refractivity contribution in [3.63, 3.8) is 0 Å². The highest BCUT2D eigenvalue weighted by Crippen LogP contribution is 2.16. The van der Waals surface area contributed by atoms with E-state index in [2.05, 4.69) is 24.1 Å². The van der Waals surface area contributed by atoms with Crippen molar-refractivity contribution >= 4 is 6.03 Å². The second-order valence-corrected chi connectivity index (χ2v) is 6.67. The Morgan fingerprint density at radius 3 is 2.75 bits per heavy atom. The summed E-state index contributed by atoms with van der Waals surface area (Å²) < 4.78 is 0. The topological polar surface area (TPSA) is 35.6 Å². The van der Waals surface area contributed by atoms with Crippen molar-refractivity contribution in [1.82, 2.24) is 15.1 Å². The number of rotatable bonds is 4. The van der Waals surface area contributed by atoms with Crippen molar-refractivity contribution in [3.8, 4) is 0 Å². The summed E-state index contributed by atoms with van der Waals surface area (Å²) in [7, 11) is 0. The molecule has 2 aliphatic heterocycles. The van der Waals surface area contributed by atoms with E-state index in [0.29, 0.717) is 6.04 Å². The van der Waals surface area contributed by atoms with Crippen LogP contribution in [0.5, 0.6) is 0 Å². The first kappa shape index (κ1) is 15.6. The first-order chi connectivity index (χ1) is 9.66. The van der Waals surface area contributed by atoms with Gasteiger partial charge < -0.3 is 15.1 Å². The van der Waals surface area contributed by atoms with Crippen LogP contribution in [0.25, 0.3) is 0 Å². The van der Waals surface area contributed by atoms with Gasteiger partial charge in [-0.25, -0.2) is 4.79 Å². The number of likely N-dealkylation sites (tertiary alicyclic amines) is 2. The maximum absolute atomic E-state index is 12.1. The standard InChI is InChI=1S/C16H31N3O/c1-14-7-5-10-18(13-14)11-6-9-17-16(20)19-12-4-3-8-15(19)2/h14-15H,3-13H2,1-2H3,(H,17,20). The Kier molecular flexibility index (Phi) is 6.14. The van der Waals surface area contributed by atoms with Crippen LogP contribution < -0.4 is 5.32 Å². The molecule has 0 aromatic carbocycles. The molecule has 2 atom stereocenters. The number of urea groups is 1. The average molecular weight is 281 g/mol. The van der Waals surface area contributed by atoms with E-state index in [4.69, 9.17) is 0 Å². The lowest BCUT2D eigenvalue weighted by atomic mass is 10.0. The first-order valence-corrected chi connectivity index (χ1v) is 8.43. The minimum Gasteiger partial charge on any atom is -0.338 e. The molecule has 0 saturated carbocycles. The molecule has 0 radical (unpaired) electrons. The third-order valence-corrected chi connectivity index (χ3v) is 4.73. The van der Waals surface area contributed by atoms with Crippen molar-refractivity contribution in [2.75, 3.05) is 32.7 Å². The van der Waals surface area contributed by atoms with Gasteiger partial charge in [-0.1, -0.05) is 6.92 Å². The molecule has 2 unspecified atom stereocenters. The number of hydrogen-bond acceptors (Lipinski definition) is 2. The highest BCUT2D eigenvalue weighted by molar-refractivity contribution is 5.74. The Bertz CT molecular complexity index is 308. The SMILES string of the molecule is CC1CCCN(CCCNC(=O)N2CCCCC2C)C1. The largest absolute Gasteiger partial charge is 0.338 e. The summed E-state index contributed by atoms with van der Waals surface area (Å²) in [6.45, 7) is 9.84. The highest BCUT2D eigenvalue weighted by atomic mass is 16.2. The summed E-state index contributed by atoms with van der Waals surface area (Å²) in [5.41, 5.74) is 0. The molecule has 20 heavy (non-hydrogen) atoms. The van der Waals surface area contributed by atoms with Crippen molar-refractivity contribution in [3.05, 3.63) is 0 Å². The van der Waals surface area contributed by atoms with Gasteiger partial charge in [0.25, 0.3) is 0 Å². The second-order valence-electron chi connectivity index (χ2n) is 6.67. The van der Waals surface area contributed by atoms with Crippen LogP contribution in [0, 0.1) is 5.92 Å². The van der Waals surface area contributed by atoms with Gasteiger partial charge in [-0.15, -0.1) is 0 Å². The highest BCUT2D eigenvalue weighted by Gasteiger charge is 2.22. The minimum absolute atomic E-state index is 0.143. The molecule has 2 aliphatic rings. The fraction of sp³-hybridized carbons (Fsp3) is 0.938. The van der Waals surface area contributed by atoms with Gasteiger partial charge in [-0.2, -0.15) is 0 Å². The van der Waals surface area contributed by atoms with Gasteiger partial charge in [0.05, 0.1) is 0 Å². The summed E-state index contributed by atoms with van der Waals surface area (Å²) in [6, 6.07) is 0.552. The molecule has 4 nitrogen and oxygen atoms in total. The lowest BCUT2D eigenvalue weighted by Crippen LogP contribution is -2.48. The number of hydrogen-bond donors (Lipinski definition) is 1. The Morgan fingerprint density at radius 1 is 1.15 bits per heavy atom. The molecule has 0 aromatic heterocycles. The van der Waals surface area contributed by atoms with Crippen LogP contribution >= 0.6 is 0 Å². The Labute approximate surface area is 123 Å². The van der Waals surface area contributed by atoms with Crippen LogP contribution in [-0.2, 0) is 0 Å². The van der Waals surface area contributed by atoms with Crippen LogP contribution in [0.15, 0.2) is 0 Å². The fourth-order valence-corrected chi connectivity index (χ4v) is 3.49. The Balaban J connectivity index is 1.59. The molecule has 2 rings (SSSR count). The number of nitrogens with zero attached hydrogens (tertiary/aromatic N) is 2. The van der Waals surface area contributed by atoms with E-state index in [0.717, 1.165) is 44.8 Å². The van der Waals surface area contributed by atoms with E-state index in [1.807, 2.05) is 4.90 Å². The molecule has 0 aromatic rings. The quantitative estimate of drug-likeness (QED) is 0.804. The third-order valence-electron chi connectivity index (χ3n) is 4.73. The molecule has 0 aliphatic carbocycles. The van der Waals surface area contributed by atoms with Gasteiger partial charge in [-0.05, 0) is 64.5 Å². The fourth-order valence-electron chi connectivity index (χ4n) is 3.49. The smallest absolute Gasteiger partial charge is 0.317 e. The van der Waals surface area contributed by atoms with E-state index in [1.165, 1.54) is 32.4 Å². The Hall–Kier alpha value is -0.770.